The van der Waals surface area contributed by atoms with Crippen LogP contribution in [0.1, 0.15) is 23.4 Å². The Morgan fingerprint density at radius 1 is 1.44 bits per heavy atom. The first-order valence-electron chi connectivity index (χ1n) is 8.71. The average molecular weight is 373 g/mol. The van der Waals surface area contributed by atoms with Gasteiger partial charge in [-0.05, 0) is 24.1 Å². The Labute approximate surface area is 156 Å². The monoisotopic (exact) mass is 373 g/mol. The van der Waals surface area contributed by atoms with Crippen molar-refractivity contribution < 1.29 is 14.3 Å². The van der Waals surface area contributed by atoms with E-state index in [4.69, 9.17) is 4.74 Å². The van der Waals surface area contributed by atoms with Crippen molar-refractivity contribution in [2.75, 3.05) is 20.2 Å². The Morgan fingerprint density at radius 2 is 2.30 bits per heavy atom. The Balaban J connectivity index is 1.63. The van der Waals surface area contributed by atoms with Crippen LogP contribution in [-0.2, 0) is 22.7 Å². The molecule has 1 saturated heterocycles. The van der Waals surface area contributed by atoms with Crippen molar-refractivity contribution >= 4 is 11.8 Å². The fourth-order valence-electron chi connectivity index (χ4n) is 3.13. The highest BCUT2D eigenvalue weighted by Crippen LogP contribution is 2.21. The van der Waals surface area contributed by atoms with Crippen molar-refractivity contribution in [2.24, 2.45) is 0 Å². The molecule has 1 aromatic heterocycles. The van der Waals surface area contributed by atoms with Crippen molar-refractivity contribution in [2.45, 2.75) is 32.5 Å². The summed E-state index contributed by atoms with van der Waals surface area (Å²) in [6, 6.07) is 5.41. The maximum Gasteiger partial charge on any atom is 0.237 e. The molecular weight excluding hydrogens is 350 g/mol. The number of aromatic amines is 1. The summed E-state index contributed by atoms with van der Waals surface area (Å²) >= 11 is 0. The van der Waals surface area contributed by atoms with Gasteiger partial charge in [0.05, 0.1) is 26.1 Å². The molecule has 3 rings (SSSR count). The molecule has 1 aliphatic rings. The second-order valence-electron chi connectivity index (χ2n) is 6.39. The van der Waals surface area contributed by atoms with Crippen LogP contribution in [0.5, 0.6) is 5.75 Å². The third-order valence-corrected chi connectivity index (χ3v) is 4.50. The van der Waals surface area contributed by atoms with Gasteiger partial charge in [0.15, 0.2) is 5.82 Å². The van der Waals surface area contributed by atoms with E-state index >= 15 is 0 Å². The zero-order valence-corrected chi connectivity index (χ0v) is 15.4. The van der Waals surface area contributed by atoms with E-state index in [-0.39, 0.29) is 24.8 Å². The van der Waals surface area contributed by atoms with E-state index < -0.39 is 6.04 Å². The predicted molar refractivity (Wildman–Crippen MR) is 95.6 cm³/mol. The van der Waals surface area contributed by atoms with Crippen molar-refractivity contribution in [3.63, 3.8) is 0 Å². The van der Waals surface area contributed by atoms with Gasteiger partial charge in [0.1, 0.15) is 5.75 Å². The molecular formula is C17H23N7O3. The number of hydrogen-bond acceptors (Lipinski definition) is 7. The molecule has 3 N–H and O–H groups in total. The topological polar surface area (TPSA) is 125 Å². The van der Waals surface area contributed by atoms with Crippen LogP contribution in [0.25, 0.3) is 0 Å². The largest absolute Gasteiger partial charge is 0.496 e. The molecule has 1 aromatic carbocycles. The number of aryl methyl sites for hydroxylation is 1. The van der Waals surface area contributed by atoms with Gasteiger partial charge in [-0.3, -0.25) is 14.5 Å². The summed E-state index contributed by atoms with van der Waals surface area (Å²) in [5, 5.41) is 18.9. The zero-order chi connectivity index (χ0) is 19.2. The second kappa shape index (κ2) is 8.58. The fraction of sp³-hybridized carbons (Fsp3) is 0.471. The van der Waals surface area contributed by atoms with E-state index in [0.717, 1.165) is 16.9 Å². The normalized spacial score (nSPS) is 17.4. The highest BCUT2D eigenvalue weighted by Gasteiger charge is 2.31. The number of methoxy groups -OCH3 is 1. The maximum absolute atomic E-state index is 12.3. The molecule has 0 unspecified atom stereocenters. The number of amides is 2. The number of rotatable bonds is 7. The average Bonchev–Trinajstić information content (AvgIpc) is 3.17. The summed E-state index contributed by atoms with van der Waals surface area (Å²) in [7, 11) is 1.64. The third kappa shape index (κ3) is 4.79. The van der Waals surface area contributed by atoms with Crippen LogP contribution < -0.4 is 15.4 Å². The molecule has 10 nitrogen and oxygen atoms in total. The van der Waals surface area contributed by atoms with Gasteiger partial charge in [0.25, 0.3) is 0 Å². The van der Waals surface area contributed by atoms with E-state index in [1.54, 1.807) is 7.11 Å². The quantitative estimate of drug-likeness (QED) is 0.599. The molecule has 27 heavy (non-hydrogen) atoms. The van der Waals surface area contributed by atoms with Crippen molar-refractivity contribution in [3.8, 4) is 5.75 Å². The van der Waals surface area contributed by atoms with Crippen LogP contribution in [0, 0.1) is 6.92 Å². The number of benzene rings is 1. The van der Waals surface area contributed by atoms with Crippen molar-refractivity contribution in [1.29, 1.82) is 0 Å². The number of hydrogen-bond donors (Lipinski definition) is 3. The van der Waals surface area contributed by atoms with Crippen LogP contribution in [0.3, 0.4) is 0 Å². The smallest absolute Gasteiger partial charge is 0.237 e. The summed E-state index contributed by atoms with van der Waals surface area (Å²) in [6.45, 7) is 3.98. The minimum absolute atomic E-state index is 0.0683. The van der Waals surface area contributed by atoms with Crippen LogP contribution in [0.15, 0.2) is 18.2 Å². The van der Waals surface area contributed by atoms with E-state index in [2.05, 4.69) is 31.3 Å². The molecule has 2 aromatic rings. The minimum atomic E-state index is -0.522. The third-order valence-electron chi connectivity index (χ3n) is 4.50. The van der Waals surface area contributed by atoms with Crippen LogP contribution in [-0.4, -0.2) is 63.6 Å². The Morgan fingerprint density at radius 3 is 3.00 bits per heavy atom. The van der Waals surface area contributed by atoms with E-state index in [1.807, 2.05) is 30.0 Å². The van der Waals surface area contributed by atoms with Gasteiger partial charge >= 0.3 is 0 Å². The predicted octanol–water partition coefficient (Wildman–Crippen LogP) is -0.476. The number of ether oxygens (including phenoxy) is 1. The number of tetrazole rings is 1. The number of piperazine rings is 1. The lowest BCUT2D eigenvalue weighted by molar-refractivity contribution is -0.134. The van der Waals surface area contributed by atoms with Gasteiger partial charge in [0, 0.05) is 19.6 Å². The molecule has 0 spiro atoms. The Kier molecular flexibility index (Phi) is 5.97. The van der Waals surface area contributed by atoms with Gasteiger partial charge in [-0.2, -0.15) is 5.21 Å². The fourth-order valence-corrected chi connectivity index (χ4v) is 3.13. The number of aromatic nitrogens is 4. The lowest BCUT2D eigenvalue weighted by atomic mass is 10.1. The summed E-state index contributed by atoms with van der Waals surface area (Å²) < 4.78 is 5.29. The number of H-pyrrole nitrogens is 1. The SMILES string of the molecule is COc1ccc(CN2CCNC(=O)[C@H]2CC(=O)NCc2nn[nH]n2)cc1C. The molecule has 1 fully saturated rings. The van der Waals surface area contributed by atoms with Gasteiger partial charge < -0.3 is 15.4 Å². The summed E-state index contributed by atoms with van der Waals surface area (Å²) in [5.41, 5.74) is 2.10. The highest BCUT2D eigenvalue weighted by atomic mass is 16.5. The Hall–Kier alpha value is -3.01. The standard InChI is InChI=1S/C17H23N7O3/c1-11-7-12(3-4-14(11)27-2)10-24-6-5-18-17(26)13(24)8-16(25)19-9-15-20-22-23-21-15/h3-4,7,13H,5-6,8-10H2,1-2H3,(H,18,26)(H,19,25)(H,20,21,22,23)/t13-/m1/s1. The van der Waals surface area contributed by atoms with E-state index in [9.17, 15) is 9.59 Å². The molecule has 10 heteroatoms. The molecule has 0 radical (unpaired) electrons. The Bertz CT molecular complexity index is 794. The molecule has 2 heterocycles. The lowest BCUT2D eigenvalue weighted by Gasteiger charge is -2.34. The van der Waals surface area contributed by atoms with Crippen LogP contribution in [0.2, 0.25) is 0 Å². The molecule has 0 aliphatic carbocycles. The highest BCUT2D eigenvalue weighted by molar-refractivity contribution is 5.88. The van der Waals surface area contributed by atoms with Crippen molar-refractivity contribution in [3.05, 3.63) is 35.2 Å². The van der Waals surface area contributed by atoms with Gasteiger partial charge in [0.2, 0.25) is 11.8 Å². The first kappa shape index (κ1) is 18.8. The summed E-state index contributed by atoms with van der Waals surface area (Å²) in [5.74, 6) is 0.841. The van der Waals surface area contributed by atoms with Gasteiger partial charge in [-0.1, -0.05) is 17.3 Å². The first-order chi connectivity index (χ1) is 13.1. The lowest BCUT2D eigenvalue weighted by Crippen LogP contribution is -2.56. The molecule has 0 bridgehead atoms. The number of nitrogens with one attached hydrogen (secondary N) is 3. The molecule has 144 valence electrons. The summed E-state index contributed by atoms with van der Waals surface area (Å²) in [6.07, 6.45) is 0.0683. The van der Waals surface area contributed by atoms with E-state index in [1.165, 1.54) is 0 Å². The van der Waals surface area contributed by atoms with E-state index in [0.29, 0.717) is 25.5 Å². The van der Waals surface area contributed by atoms with Gasteiger partial charge in [-0.25, -0.2) is 0 Å². The molecule has 0 saturated carbocycles. The van der Waals surface area contributed by atoms with Gasteiger partial charge in [-0.15, -0.1) is 10.2 Å². The zero-order valence-electron chi connectivity index (χ0n) is 15.4. The molecule has 2 amide bonds. The summed E-state index contributed by atoms with van der Waals surface area (Å²) in [4.78, 5) is 26.6. The minimum Gasteiger partial charge on any atom is -0.496 e. The molecule has 1 atom stereocenters. The number of carbonyl (C=O) groups excluding carboxylic acids is 2. The molecule has 1 aliphatic heterocycles. The number of carbonyl (C=O) groups is 2. The van der Waals surface area contributed by atoms with Crippen molar-refractivity contribution in [1.82, 2.24) is 36.2 Å². The number of nitrogens with zero attached hydrogens (tertiary/aromatic N) is 4. The van der Waals surface area contributed by atoms with Crippen LogP contribution >= 0.6 is 0 Å². The second-order valence-corrected chi connectivity index (χ2v) is 6.39. The van der Waals surface area contributed by atoms with Crippen LogP contribution in [0.4, 0.5) is 0 Å². The first-order valence-corrected chi connectivity index (χ1v) is 8.71. The maximum atomic E-state index is 12.3.